The number of aryl methyl sites for hydroxylation is 1. The normalized spacial score (nSPS) is 13.6. The molecule has 2 heterocycles. The Kier molecular flexibility index (Phi) is 16.6. The summed E-state index contributed by atoms with van der Waals surface area (Å²) in [4.78, 5) is 26.3. The Morgan fingerprint density at radius 2 is 1.44 bits per heavy atom. The third-order valence-electron chi connectivity index (χ3n) is 6.54. The lowest BCUT2D eigenvalue weighted by Gasteiger charge is -2.42. The summed E-state index contributed by atoms with van der Waals surface area (Å²) in [6.07, 6.45) is 7.23. The number of carboxylic acid groups (broad SMARTS) is 2. The van der Waals surface area contributed by atoms with E-state index in [9.17, 15) is 0 Å². The SMILES string of the molecule is CC.Cc1ccnc2ccc(/C=C/c3ccc(OCCCN4CCN(C(C)(C)C)CC4)cc3)cc12.O=CO.O=CO. The summed E-state index contributed by atoms with van der Waals surface area (Å²) < 4.78 is 5.98. The van der Waals surface area contributed by atoms with E-state index in [4.69, 9.17) is 24.5 Å². The number of nitrogens with zero attached hydrogens (tertiary/aromatic N) is 3. The Bertz CT molecular complexity index is 1180. The Hall–Kier alpha value is -3.75. The molecular formula is C33H47N3O5. The molecule has 0 amide bonds. The van der Waals surface area contributed by atoms with Crippen LogP contribution >= 0.6 is 0 Å². The molecule has 1 fully saturated rings. The number of piperazine rings is 1. The number of ether oxygens (including phenoxy) is 1. The summed E-state index contributed by atoms with van der Waals surface area (Å²) in [5.41, 5.74) is 4.93. The van der Waals surface area contributed by atoms with Crippen molar-refractivity contribution in [1.29, 1.82) is 0 Å². The van der Waals surface area contributed by atoms with Crippen molar-refractivity contribution in [2.45, 2.75) is 53.5 Å². The Morgan fingerprint density at radius 3 is 2.02 bits per heavy atom. The van der Waals surface area contributed by atoms with Crippen molar-refractivity contribution in [3.63, 3.8) is 0 Å². The van der Waals surface area contributed by atoms with Crippen molar-refractivity contribution in [2.75, 3.05) is 39.3 Å². The van der Waals surface area contributed by atoms with E-state index in [0.29, 0.717) is 0 Å². The van der Waals surface area contributed by atoms with E-state index in [1.807, 2.05) is 20.0 Å². The zero-order valence-electron chi connectivity index (χ0n) is 25.4. The Balaban J connectivity index is 0.000000949. The van der Waals surface area contributed by atoms with Gasteiger partial charge in [0.2, 0.25) is 0 Å². The molecule has 1 aliphatic rings. The second-order valence-electron chi connectivity index (χ2n) is 10.2. The first-order valence-electron chi connectivity index (χ1n) is 14.1. The molecule has 0 atom stereocenters. The lowest BCUT2D eigenvalue weighted by atomic mass is 10.0. The molecular weight excluding hydrogens is 518 g/mol. The van der Waals surface area contributed by atoms with Crippen LogP contribution in [0.25, 0.3) is 23.1 Å². The number of aromatic nitrogens is 1. The fourth-order valence-electron chi connectivity index (χ4n) is 4.39. The zero-order chi connectivity index (χ0) is 30.7. The summed E-state index contributed by atoms with van der Waals surface area (Å²) in [7, 11) is 0. The van der Waals surface area contributed by atoms with Crippen LogP contribution < -0.4 is 4.74 Å². The van der Waals surface area contributed by atoms with Gasteiger partial charge in [-0.05, 0) is 81.1 Å². The monoisotopic (exact) mass is 565 g/mol. The van der Waals surface area contributed by atoms with Gasteiger partial charge in [0, 0.05) is 49.8 Å². The van der Waals surface area contributed by atoms with E-state index >= 15 is 0 Å². The van der Waals surface area contributed by atoms with Crippen molar-refractivity contribution < 1.29 is 24.5 Å². The quantitative estimate of drug-likeness (QED) is 0.195. The maximum Gasteiger partial charge on any atom is 0.290 e. The number of rotatable bonds is 7. The average molecular weight is 566 g/mol. The van der Waals surface area contributed by atoms with Crippen molar-refractivity contribution in [1.82, 2.24) is 14.8 Å². The van der Waals surface area contributed by atoms with E-state index < -0.39 is 0 Å². The molecule has 8 nitrogen and oxygen atoms in total. The molecule has 2 aromatic carbocycles. The summed E-state index contributed by atoms with van der Waals surface area (Å²) in [5, 5.41) is 15.0. The lowest BCUT2D eigenvalue weighted by Crippen LogP contribution is -2.53. The molecule has 1 aliphatic heterocycles. The molecule has 2 N–H and O–H groups in total. The first-order chi connectivity index (χ1) is 19.7. The minimum absolute atomic E-state index is 0.250. The lowest BCUT2D eigenvalue weighted by molar-refractivity contribution is -0.123. The molecule has 4 rings (SSSR count). The van der Waals surface area contributed by atoms with Gasteiger partial charge in [0.05, 0.1) is 12.1 Å². The van der Waals surface area contributed by atoms with Crippen molar-refractivity contribution in [3.05, 3.63) is 71.4 Å². The van der Waals surface area contributed by atoms with Gasteiger partial charge in [-0.2, -0.15) is 0 Å². The molecule has 1 saturated heterocycles. The van der Waals surface area contributed by atoms with E-state index in [1.165, 1.54) is 22.1 Å². The van der Waals surface area contributed by atoms with Gasteiger partial charge in [-0.3, -0.25) is 19.5 Å². The highest BCUT2D eigenvalue weighted by molar-refractivity contribution is 5.85. The minimum atomic E-state index is -0.250. The van der Waals surface area contributed by atoms with Gasteiger partial charge in [-0.15, -0.1) is 0 Å². The van der Waals surface area contributed by atoms with E-state index in [2.05, 4.69) is 103 Å². The Labute approximate surface area is 245 Å². The predicted molar refractivity (Wildman–Crippen MR) is 168 cm³/mol. The minimum Gasteiger partial charge on any atom is -0.494 e. The van der Waals surface area contributed by atoms with Crippen LogP contribution in [-0.2, 0) is 9.59 Å². The van der Waals surface area contributed by atoms with Crippen LogP contribution in [0.3, 0.4) is 0 Å². The van der Waals surface area contributed by atoms with Crippen LogP contribution in [0, 0.1) is 6.92 Å². The van der Waals surface area contributed by atoms with Gasteiger partial charge in [0.1, 0.15) is 5.75 Å². The standard InChI is InChI=1S/C29H37N3O.C2H6.2CH2O2/c1-23-14-15-30-28-13-10-25(22-27(23)28)7-6-24-8-11-26(12-9-24)33-21-5-16-31-17-19-32(20-18-31)29(2,3)4;1-2;2*2-1-3/h6-15,22H,5,16-21H2,1-4H3;1-2H3;2*1H,(H,2,3)/b7-6+;;;. The molecule has 224 valence electrons. The molecule has 0 unspecified atom stereocenters. The number of benzene rings is 2. The summed E-state index contributed by atoms with van der Waals surface area (Å²) in [5.74, 6) is 0.942. The van der Waals surface area contributed by atoms with Crippen LogP contribution in [-0.4, -0.2) is 82.8 Å². The third-order valence-corrected chi connectivity index (χ3v) is 6.54. The second-order valence-corrected chi connectivity index (χ2v) is 10.2. The molecule has 0 bridgehead atoms. The number of pyridine rings is 1. The molecule has 41 heavy (non-hydrogen) atoms. The number of hydrogen-bond acceptors (Lipinski definition) is 6. The first kappa shape index (κ1) is 35.3. The van der Waals surface area contributed by atoms with Crippen LogP contribution in [0.15, 0.2) is 54.7 Å². The molecule has 3 aromatic rings. The van der Waals surface area contributed by atoms with Crippen molar-refractivity contribution in [3.8, 4) is 5.75 Å². The largest absolute Gasteiger partial charge is 0.494 e. The van der Waals surface area contributed by atoms with Crippen LogP contribution in [0.2, 0.25) is 0 Å². The molecule has 0 spiro atoms. The van der Waals surface area contributed by atoms with Crippen molar-refractivity contribution >= 4 is 36.0 Å². The van der Waals surface area contributed by atoms with Crippen LogP contribution in [0.4, 0.5) is 0 Å². The Morgan fingerprint density at radius 1 is 0.878 bits per heavy atom. The molecule has 8 heteroatoms. The topological polar surface area (TPSA) is 103 Å². The number of carbonyl (C=O) groups is 2. The van der Waals surface area contributed by atoms with Crippen LogP contribution in [0.5, 0.6) is 5.75 Å². The highest BCUT2D eigenvalue weighted by Crippen LogP contribution is 2.20. The zero-order valence-corrected chi connectivity index (χ0v) is 25.4. The molecule has 1 aromatic heterocycles. The fourth-order valence-corrected chi connectivity index (χ4v) is 4.39. The predicted octanol–water partition coefficient (Wildman–Crippen LogP) is 6.33. The maximum absolute atomic E-state index is 8.36. The third kappa shape index (κ3) is 13.0. The maximum atomic E-state index is 8.36. The smallest absolute Gasteiger partial charge is 0.290 e. The van der Waals surface area contributed by atoms with Gasteiger partial charge in [0.25, 0.3) is 12.9 Å². The summed E-state index contributed by atoms with van der Waals surface area (Å²) in [6, 6.07) is 16.8. The van der Waals surface area contributed by atoms with Crippen LogP contribution in [0.1, 0.15) is 57.7 Å². The van der Waals surface area contributed by atoms with Gasteiger partial charge >= 0.3 is 0 Å². The van der Waals surface area contributed by atoms with Gasteiger partial charge in [-0.1, -0.05) is 44.2 Å². The number of fused-ring (bicyclic) bond motifs is 1. The molecule has 0 saturated carbocycles. The van der Waals surface area contributed by atoms with E-state index in [1.54, 1.807) is 0 Å². The van der Waals surface area contributed by atoms with Gasteiger partial charge < -0.3 is 19.8 Å². The number of hydrogen-bond donors (Lipinski definition) is 2. The van der Waals surface area contributed by atoms with E-state index in [-0.39, 0.29) is 18.5 Å². The second kappa shape index (κ2) is 19.3. The highest BCUT2D eigenvalue weighted by atomic mass is 16.5. The summed E-state index contributed by atoms with van der Waals surface area (Å²) >= 11 is 0. The van der Waals surface area contributed by atoms with E-state index in [0.717, 1.165) is 57.0 Å². The van der Waals surface area contributed by atoms with Gasteiger partial charge in [0.15, 0.2) is 0 Å². The summed E-state index contributed by atoms with van der Waals surface area (Å²) in [6.45, 7) is 19.1. The average Bonchev–Trinajstić information content (AvgIpc) is 2.97. The molecule has 0 aliphatic carbocycles. The molecule has 0 radical (unpaired) electrons. The highest BCUT2D eigenvalue weighted by Gasteiger charge is 2.25. The first-order valence-corrected chi connectivity index (χ1v) is 14.1. The van der Waals surface area contributed by atoms with Crippen molar-refractivity contribution in [2.24, 2.45) is 0 Å². The van der Waals surface area contributed by atoms with Gasteiger partial charge in [-0.25, -0.2) is 0 Å². The fraction of sp³-hybridized carbons (Fsp3) is 0.424.